The molecule has 0 spiro atoms. The van der Waals surface area contributed by atoms with Gasteiger partial charge in [-0.1, -0.05) is 19.1 Å². The summed E-state index contributed by atoms with van der Waals surface area (Å²) in [4.78, 5) is 4.05. The molecule has 0 saturated heterocycles. The lowest BCUT2D eigenvalue weighted by Gasteiger charge is -2.08. The fourth-order valence-corrected chi connectivity index (χ4v) is 1.92. The highest BCUT2D eigenvalue weighted by molar-refractivity contribution is 5.66. The molecule has 0 saturated carbocycles. The SMILES string of the molecule is CCNCc1ccc(-c2ccncc2C)cc1F. The number of pyridine rings is 1. The maximum Gasteiger partial charge on any atom is 0.128 e. The summed E-state index contributed by atoms with van der Waals surface area (Å²) in [6.45, 7) is 5.39. The molecule has 18 heavy (non-hydrogen) atoms. The van der Waals surface area contributed by atoms with Crippen molar-refractivity contribution in [2.24, 2.45) is 0 Å². The monoisotopic (exact) mass is 244 g/mol. The Morgan fingerprint density at radius 2 is 2.11 bits per heavy atom. The minimum atomic E-state index is -0.162. The van der Waals surface area contributed by atoms with Crippen molar-refractivity contribution in [3.8, 4) is 11.1 Å². The van der Waals surface area contributed by atoms with Gasteiger partial charge < -0.3 is 5.32 Å². The van der Waals surface area contributed by atoms with E-state index in [1.807, 2.05) is 32.0 Å². The molecule has 0 aliphatic heterocycles. The topological polar surface area (TPSA) is 24.9 Å². The summed E-state index contributed by atoms with van der Waals surface area (Å²) >= 11 is 0. The minimum absolute atomic E-state index is 0.162. The summed E-state index contributed by atoms with van der Waals surface area (Å²) in [5, 5.41) is 3.13. The van der Waals surface area contributed by atoms with Crippen LogP contribution in [-0.2, 0) is 6.54 Å². The van der Waals surface area contributed by atoms with Crippen LogP contribution in [-0.4, -0.2) is 11.5 Å². The van der Waals surface area contributed by atoms with E-state index in [9.17, 15) is 4.39 Å². The number of halogens is 1. The summed E-state index contributed by atoms with van der Waals surface area (Å²) < 4.78 is 13.9. The molecule has 2 aromatic rings. The number of nitrogens with one attached hydrogen (secondary N) is 1. The predicted molar refractivity (Wildman–Crippen MR) is 71.7 cm³/mol. The summed E-state index contributed by atoms with van der Waals surface area (Å²) in [6.07, 6.45) is 3.52. The molecular formula is C15H17FN2. The molecule has 1 N–H and O–H groups in total. The summed E-state index contributed by atoms with van der Waals surface area (Å²) in [5.74, 6) is -0.162. The van der Waals surface area contributed by atoms with E-state index >= 15 is 0 Å². The number of rotatable bonds is 4. The third kappa shape index (κ3) is 2.74. The maximum atomic E-state index is 13.9. The largest absolute Gasteiger partial charge is 0.313 e. The molecule has 3 heteroatoms. The Morgan fingerprint density at radius 3 is 2.78 bits per heavy atom. The molecule has 0 amide bonds. The minimum Gasteiger partial charge on any atom is -0.313 e. The summed E-state index contributed by atoms with van der Waals surface area (Å²) in [5.41, 5.74) is 3.68. The Labute approximate surface area is 107 Å². The van der Waals surface area contributed by atoms with Gasteiger partial charge in [-0.25, -0.2) is 4.39 Å². The van der Waals surface area contributed by atoms with Gasteiger partial charge in [-0.05, 0) is 42.3 Å². The number of benzene rings is 1. The molecule has 1 aromatic heterocycles. The second kappa shape index (κ2) is 5.74. The van der Waals surface area contributed by atoms with Crippen molar-refractivity contribution < 1.29 is 4.39 Å². The lowest BCUT2D eigenvalue weighted by molar-refractivity contribution is 0.594. The first-order valence-corrected chi connectivity index (χ1v) is 6.12. The van der Waals surface area contributed by atoms with Gasteiger partial charge in [0.05, 0.1) is 0 Å². The first kappa shape index (κ1) is 12.7. The summed E-state index contributed by atoms with van der Waals surface area (Å²) in [6, 6.07) is 7.30. The molecule has 0 radical (unpaired) electrons. The van der Waals surface area contributed by atoms with E-state index in [0.717, 1.165) is 23.2 Å². The second-order valence-electron chi connectivity index (χ2n) is 4.28. The molecule has 1 aromatic carbocycles. The first-order chi connectivity index (χ1) is 8.72. The van der Waals surface area contributed by atoms with Crippen LogP contribution in [0.3, 0.4) is 0 Å². The number of aryl methyl sites for hydroxylation is 1. The molecule has 2 nitrogen and oxygen atoms in total. The third-order valence-electron chi connectivity index (χ3n) is 2.95. The van der Waals surface area contributed by atoms with Crippen LogP contribution in [0.25, 0.3) is 11.1 Å². The Balaban J connectivity index is 2.32. The number of hydrogen-bond donors (Lipinski definition) is 1. The van der Waals surface area contributed by atoms with Crippen LogP contribution < -0.4 is 5.32 Å². The van der Waals surface area contributed by atoms with Gasteiger partial charge in [-0.15, -0.1) is 0 Å². The van der Waals surface area contributed by atoms with Crippen LogP contribution in [0.4, 0.5) is 4.39 Å². The van der Waals surface area contributed by atoms with Crippen molar-refractivity contribution in [3.05, 3.63) is 53.6 Å². The fourth-order valence-electron chi connectivity index (χ4n) is 1.92. The lowest BCUT2D eigenvalue weighted by atomic mass is 10.0. The van der Waals surface area contributed by atoms with Gasteiger partial charge in [0.25, 0.3) is 0 Å². The summed E-state index contributed by atoms with van der Waals surface area (Å²) in [7, 11) is 0. The van der Waals surface area contributed by atoms with Crippen LogP contribution >= 0.6 is 0 Å². The highest BCUT2D eigenvalue weighted by Crippen LogP contribution is 2.24. The van der Waals surface area contributed by atoms with Crippen molar-refractivity contribution in [3.63, 3.8) is 0 Å². The number of aromatic nitrogens is 1. The lowest BCUT2D eigenvalue weighted by Crippen LogP contribution is -2.12. The molecular weight excluding hydrogens is 227 g/mol. The molecule has 94 valence electrons. The normalized spacial score (nSPS) is 10.6. The van der Waals surface area contributed by atoms with Gasteiger partial charge in [0, 0.05) is 24.5 Å². The molecule has 0 fully saturated rings. The van der Waals surface area contributed by atoms with E-state index in [4.69, 9.17) is 0 Å². The first-order valence-electron chi connectivity index (χ1n) is 6.12. The molecule has 0 unspecified atom stereocenters. The van der Waals surface area contributed by atoms with E-state index in [0.29, 0.717) is 12.1 Å². The van der Waals surface area contributed by atoms with Gasteiger partial charge in [0.15, 0.2) is 0 Å². The highest BCUT2D eigenvalue weighted by Gasteiger charge is 2.06. The van der Waals surface area contributed by atoms with Crippen molar-refractivity contribution in [1.82, 2.24) is 10.3 Å². The van der Waals surface area contributed by atoms with Crippen LogP contribution in [0, 0.1) is 12.7 Å². The zero-order chi connectivity index (χ0) is 13.0. The van der Waals surface area contributed by atoms with Gasteiger partial charge in [0.2, 0.25) is 0 Å². The molecule has 0 bridgehead atoms. The van der Waals surface area contributed by atoms with Gasteiger partial charge in [-0.2, -0.15) is 0 Å². The number of nitrogens with zero attached hydrogens (tertiary/aromatic N) is 1. The van der Waals surface area contributed by atoms with Crippen LogP contribution in [0.5, 0.6) is 0 Å². The third-order valence-corrected chi connectivity index (χ3v) is 2.95. The molecule has 1 heterocycles. The predicted octanol–water partition coefficient (Wildman–Crippen LogP) is 3.31. The molecule has 0 aliphatic rings. The standard InChI is InChI=1S/C15H17FN2/c1-3-17-10-13-5-4-12(8-15(13)16)14-6-7-18-9-11(14)2/h4-9,17H,3,10H2,1-2H3. The number of hydrogen-bond acceptors (Lipinski definition) is 2. The van der Waals surface area contributed by atoms with Crippen molar-refractivity contribution >= 4 is 0 Å². The zero-order valence-electron chi connectivity index (χ0n) is 10.7. The van der Waals surface area contributed by atoms with Crippen molar-refractivity contribution in [2.75, 3.05) is 6.54 Å². The maximum absolute atomic E-state index is 13.9. The Hall–Kier alpha value is -1.74. The van der Waals surface area contributed by atoms with E-state index in [-0.39, 0.29) is 5.82 Å². The van der Waals surface area contributed by atoms with Crippen molar-refractivity contribution in [1.29, 1.82) is 0 Å². The van der Waals surface area contributed by atoms with Gasteiger partial charge >= 0.3 is 0 Å². The average molecular weight is 244 g/mol. The Kier molecular flexibility index (Phi) is 4.05. The van der Waals surface area contributed by atoms with E-state index < -0.39 is 0 Å². The zero-order valence-corrected chi connectivity index (χ0v) is 10.7. The van der Waals surface area contributed by atoms with Crippen LogP contribution in [0.2, 0.25) is 0 Å². The van der Waals surface area contributed by atoms with E-state index in [1.54, 1.807) is 18.5 Å². The molecule has 0 atom stereocenters. The van der Waals surface area contributed by atoms with Gasteiger partial charge in [-0.3, -0.25) is 4.98 Å². The Bertz CT molecular complexity index is 538. The average Bonchev–Trinajstić information content (AvgIpc) is 2.38. The molecule has 2 rings (SSSR count). The van der Waals surface area contributed by atoms with Crippen LogP contribution in [0.15, 0.2) is 36.7 Å². The van der Waals surface area contributed by atoms with E-state index in [2.05, 4.69) is 10.3 Å². The van der Waals surface area contributed by atoms with Crippen molar-refractivity contribution in [2.45, 2.75) is 20.4 Å². The smallest absolute Gasteiger partial charge is 0.128 e. The van der Waals surface area contributed by atoms with Gasteiger partial charge in [0.1, 0.15) is 5.82 Å². The second-order valence-corrected chi connectivity index (χ2v) is 4.28. The quantitative estimate of drug-likeness (QED) is 0.892. The van der Waals surface area contributed by atoms with Crippen LogP contribution in [0.1, 0.15) is 18.1 Å². The molecule has 0 aliphatic carbocycles. The Morgan fingerprint density at radius 1 is 1.28 bits per heavy atom. The van der Waals surface area contributed by atoms with E-state index in [1.165, 1.54) is 0 Å². The highest BCUT2D eigenvalue weighted by atomic mass is 19.1. The fraction of sp³-hybridized carbons (Fsp3) is 0.267.